The van der Waals surface area contributed by atoms with Gasteiger partial charge in [-0.15, -0.1) is 0 Å². The molecule has 0 fully saturated rings. The second-order valence-electron chi connectivity index (χ2n) is 2.47. The van der Waals surface area contributed by atoms with E-state index in [1.165, 1.54) is 0 Å². The van der Waals surface area contributed by atoms with Crippen LogP contribution in [0.4, 0.5) is 13.2 Å². The zero-order valence-corrected chi connectivity index (χ0v) is 8.81. The average molecular weight is 286 g/mol. The first-order valence-electron chi connectivity index (χ1n) is 2.68. The molecule has 0 rings (SSSR count). The zero-order valence-electron chi connectivity index (χ0n) is 5.83. The minimum absolute atomic E-state index is 0.275. The van der Waals surface area contributed by atoms with Crippen molar-refractivity contribution >= 4 is 28.4 Å². The lowest BCUT2D eigenvalue weighted by atomic mass is 10.5. The Morgan fingerprint density at radius 2 is 1.70 bits per heavy atom. The fourth-order valence-electron chi connectivity index (χ4n) is 0.358. The Balaban J connectivity index is 3.56. The van der Waals surface area contributed by atoms with Crippen LogP contribution >= 0.6 is 28.4 Å². The summed E-state index contributed by atoms with van der Waals surface area (Å²) < 4.78 is 34.8. The van der Waals surface area contributed by atoms with Crippen molar-refractivity contribution in [2.24, 2.45) is 0 Å². The molecule has 0 N–H and O–H groups in total. The average Bonchev–Trinajstić information content (AvgIpc) is 1.57. The summed E-state index contributed by atoms with van der Waals surface area (Å²) in [5.41, 5.74) is 0. The summed E-state index contributed by atoms with van der Waals surface area (Å²) in [4.78, 5) is 0. The molecule has 0 aliphatic carbocycles. The molecule has 0 amide bonds. The van der Waals surface area contributed by atoms with Crippen molar-refractivity contribution in [3.63, 3.8) is 0 Å². The summed E-state index contributed by atoms with van der Waals surface area (Å²) in [6.45, 7) is 0. The number of rotatable bonds is 2. The van der Waals surface area contributed by atoms with Gasteiger partial charge >= 0.3 is 6.18 Å². The lowest BCUT2D eigenvalue weighted by molar-refractivity contribution is -0.129. The Bertz CT molecular complexity index is 90.4. The van der Waals surface area contributed by atoms with Crippen LogP contribution in [-0.2, 0) is 0 Å². The molecule has 0 atom stereocenters. The molecular weight excluding hydrogens is 276 g/mol. The highest BCUT2D eigenvalue weighted by atomic mass is 127. The third-order valence-electron chi connectivity index (χ3n) is 0.871. The van der Waals surface area contributed by atoms with Crippen LogP contribution in [0.25, 0.3) is 0 Å². The third-order valence-corrected chi connectivity index (χ3v) is 3.37. The van der Waals surface area contributed by atoms with Gasteiger partial charge in [-0.25, -0.2) is 0 Å². The Morgan fingerprint density at radius 1 is 1.30 bits per heavy atom. The van der Waals surface area contributed by atoms with Crippen LogP contribution in [-0.4, -0.2) is 24.4 Å². The Kier molecular flexibility index (Phi) is 3.82. The fraction of sp³-hybridized carbons (Fsp3) is 1.00. The van der Waals surface area contributed by atoms with Gasteiger partial charge in [-0.05, 0) is 39.5 Å². The van der Waals surface area contributed by atoms with E-state index in [0.29, 0.717) is 0 Å². The Labute approximate surface area is 72.5 Å². The summed E-state index contributed by atoms with van der Waals surface area (Å²) in [5, 5.41) is 0. The molecule has 0 spiro atoms. The normalized spacial score (nSPS) is 15.4. The summed E-state index contributed by atoms with van der Waals surface area (Å²) in [6, 6.07) is 0. The minimum atomic E-state index is -3.98. The third kappa shape index (κ3) is 8.87. The standard InChI is InChI=1S/C5H10F3IS/c1-10(2,9)4-3-5(6,7)8/h3-4H2,1-2H3. The van der Waals surface area contributed by atoms with Crippen LogP contribution in [0, 0.1) is 0 Å². The van der Waals surface area contributed by atoms with E-state index in [0.717, 1.165) is 0 Å². The van der Waals surface area contributed by atoms with Gasteiger partial charge in [0.15, 0.2) is 0 Å². The summed E-state index contributed by atoms with van der Waals surface area (Å²) >= 11 is 2.10. The Morgan fingerprint density at radius 3 is 1.80 bits per heavy atom. The predicted octanol–water partition coefficient (Wildman–Crippen LogP) is 3.35. The van der Waals surface area contributed by atoms with Crippen LogP contribution in [0.5, 0.6) is 0 Å². The van der Waals surface area contributed by atoms with Crippen molar-refractivity contribution in [3.8, 4) is 0 Å². The maximum atomic E-state index is 11.6. The second-order valence-corrected chi connectivity index (χ2v) is 12.8. The van der Waals surface area contributed by atoms with Crippen LogP contribution in [0.2, 0.25) is 0 Å². The molecule has 0 aromatic heterocycles. The van der Waals surface area contributed by atoms with Crippen LogP contribution < -0.4 is 0 Å². The van der Waals surface area contributed by atoms with Gasteiger partial charge in [0.05, 0.1) is 6.42 Å². The van der Waals surface area contributed by atoms with E-state index in [1.54, 1.807) is 0 Å². The lowest BCUT2D eigenvalue weighted by Crippen LogP contribution is -2.11. The van der Waals surface area contributed by atoms with Crippen LogP contribution in [0.15, 0.2) is 0 Å². The van der Waals surface area contributed by atoms with Gasteiger partial charge in [-0.2, -0.15) is 20.4 Å². The van der Waals surface area contributed by atoms with Crippen LogP contribution in [0.1, 0.15) is 6.42 Å². The SMILES string of the molecule is CS(C)(I)CCC(F)(F)F. The zero-order chi connectivity index (χ0) is 8.41. The van der Waals surface area contributed by atoms with E-state index < -0.39 is 19.8 Å². The van der Waals surface area contributed by atoms with Crippen molar-refractivity contribution < 1.29 is 13.2 Å². The van der Waals surface area contributed by atoms with Crippen molar-refractivity contribution in [2.75, 3.05) is 18.3 Å². The molecule has 0 saturated carbocycles. The molecular formula is C5H10F3IS. The van der Waals surface area contributed by atoms with E-state index in [9.17, 15) is 13.2 Å². The molecule has 0 nitrogen and oxygen atoms in total. The highest BCUT2D eigenvalue weighted by Gasteiger charge is 2.28. The number of hydrogen-bond donors (Lipinski definition) is 0. The van der Waals surface area contributed by atoms with Crippen LogP contribution in [0.3, 0.4) is 0 Å². The summed E-state index contributed by atoms with van der Waals surface area (Å²) in [6.07, 6.45) is -0.869. The molecule has 5 heteroatoms. The van der Waals surface area contributed by atoms with E-state index >= 15 is 0 Å². The number of hydrogen-bond acceptors (Lipinski definition) is 0. The highest BCUT2D eigenvalue weighted by molar-refractivity contribution is 14.2. The van der Waals surface area contributed by atoms with Crippen molar-refractivity contribution in [1.29, 1.82) is 0 Å². The summed E-state index contributed by atoms with van der Waals surface area (Å²) in [7, 11) is -1.01. The largest absolute Gasteiger partial charge is 0.389 e. The topological polar surface area (TPSA) is 0 Å². The van der Waals surface area contributed by atoms with E-state index in [1.807, 2.05) is 12.5 Å². The highest BCUT2D eigenvalue weighted by Crippen LogP contribution is 2.50. The van der Waals surface area contributed by atoms with E-state index in [-0.39, 0.29) is 5.75 Å². The van der Waals surface area contributed by atoms with Gasteiger partial charge in [0.2, 0.25) is 0 Å². The molecule has 0 bridgehead atoms. The minimum Gasteiger partial charge on any atom is -0.193 e. The molecule has 10 heavy (non-hydrogen) atoms. The van der Waals surface area contributed by atoms with Crippen molar-refractivity contribution in [2.45, 2.75) is 12.6 Å². The second kappa shape index (κ2) is 3.51. The van der Waals surface area contributed by atoms with Gasteiger partial charge < -0.3 is 0 Å². The quantitative estimate of drug-likeness (QED) is 0.683. The van der Waals surface area contributed by atoms with E-state index in [2.05, 4.69) is 21.2 Å². The molecule has 0 heterocycles. The first-order chi connectivity index (χ1) is 4.21. The molecule has 0 radical (unpaired) electrons. The maximum Gasteiger partial charge on any atom is 0.389 e. The van der Waals surface area contributed by atoms with Gasteiger partial charge in [0.1, 0.15) is 0 Å². The first kappa shape index (κ1) is 10.9. The molecule has 0 aromatic rings. The molecule has 0 aliphatic heterocycles. The predicted molar refractivity (Wildman–Crippen MR) is 49.0 cm³/mol. The smallest absolute Gasteiger partial charge is 0.193 e. The van der Waals surface area contributed by atoms with E-state index in [4.69, 9.17) is 0 Å². The number of alkyl halides is 3. The monoisotopic (exact) mass is 286 g/mol. The lowest BCUT2D eigenvalue weighted by Gasteiger charge is -2.22. The number of halogens is 4. The molecule has 0 aromatic carbocycles. The first-order valence-corrected chi connectivity index (χ1v) is 7.84. The summed E-state index contributed by atoms with van der Waals surface area (Å²) in [5.74, 6) is 0.275. The maximum absolute atomic E-state index is 11.6. The van der Waals surface area contributed by atoms with Gasteiger partial charge in [-0.1, -0.05) is 0 Å². The van der Waals surface area contributed by atoms with Gasteiger partial charge in [0, 0.05) is 0 Å². The van der Waals surface area contributed by atoms with Crippen molar-refractivity contribution in [1.82, 2.24) is 0 Å². The molecule has 0 aliphatic rings. The fourth-order valence-corrected chi connectivity index (χ4v) is 1.74. The van der Waals surface area contributed by atoms with Gasteiger partial charge in [0.25, 0.3) is 0 Å². The van der Waals surface area contributed by atoms with Gasteiger partial charge in [-0.3, -0.25) is 0 Å². The molecule has 0 saturated heterocycles. The Hall–Kier alpha value is 0.870. The van der Waals surface area contributed by atoms with Crippen molar-refractivity contribution in [3.05, 3.63) is 0 Å². The molecule has 64 valence electrons. The molecule has 0 unspecified atom stereocenters.